The van der Waals surface area contributed by atoms with E-state index in [0.717, 1.165) is 39.5 Å². The van der Waals surface area contributed by atoms with Crippen LogP contribution in [0.3, 0.4) is 0 Å². The van der Waals surface area contributed by atoms with Gasteiger partial charge in [-0.1, -0.05) is 12.1 Å². The number of nitrogens with one attached hydrogen (secondary N) is 2. The molecule has 0 saturated heterocycles. The second-order valence-electron chi connectivity index (χ2n) is 6.69. The molecule has 0 radical (unpaired) electrons. The number of nitrogens with zero attached hydrogens (tertiary/aromatic N) is 2. The van der Waals surface area contributed by atoms with Crippen LogP contribution < -0.4 is 10.6 Å². The molecule has 5 nitrogen and oxygen atoms in total. The third-order valence-corrected chi connectivity index (χ3v) is 5.07. The number of carbonyl (C=O) groups is 1. The topological polar surface area (TPSA) is 58.4 Å². The number of amides is 1. The van der Waals surface area contributed by atoms with E-state index in [2.05, 4.69) is 39.9 Å². The molecule has 2 N–H and O–H groups in total. The molecule has 3 rings (SSSR count). The van der Waals surface area contributed by atoms with Crippen molar-refractivity contribution in [2.24, 2.45) is 0 Å². The Morgan fingerprint density at radius 1 is 1.15 bits per heavy atom. The molecule has 0 atom stereocenters. The maximum absolute atomic E-state index is 12.1. The van der Waals surface area contributed by atoms with Crippen LogP contribution in [-0.4, -0.2) is 21.2 Å². The molecule has 6 heteroatoms. The lowest BCUT2D eigenvalue weighted by atomic mass is 10.1. The molecule has 2 aromatic heterocycles. The fourth-order valence-electron chi connectivity index (χ4n) is 3.11. The standard InChI is InChI=1S/C21H25ClN4O/c1-14-7-4-8-18(25-20(27)10-5-11-22)17(14)13-23-19-9-6-12-26-16(3)15(2)24-21(19)26/h4,6-9,12,23H,5,10-11,13H2,1-3H3,(H,25,27). The van der Waals surface area contributed by atoms with Crippen molar-refractivity contribution in [3.63, 3.8) is 0 Å². The van der Waals surface area contributed by atoms with E-state index in [1.54, 1.807) is 0 Å². The zero-order chi connectivity index (χ0) is 19.4. The van der Waals surface area contributed by atoms with Crippen LogP contribution in [0.2, 0.25) is 0 Å². The number of aryl methyl sites for hydroxylation is 3. The highest BCUT2D eigenvalue weighted by molar-refractivity contribution is 6.18. The number of aromatic nitrogens is 2. The van der Waals surface area contributed by atoms with E-state index in [1.807, 2.05) is 37.4 Å². The summed E-state index contributed by atoms with van der Waals surface area (Å²) < 4.78 is 2.09. The van der Waals surface area contributed by atoms with Gasteiger partial charge < -0.3 is 15.0 Å². The maximum atomic E-state index is 12.1. The molecule has 2 heterocycles. The number of alkyl halides is 1. The molecular formula is C21H25ClN4O. The zero-order valence-corrected chi connectivity index (χ0v) is 16.7. The Hall–Kier alpha value is -2.53. The number of hydrogen-bond donors (Lipinski definition) is 2. The molecule has 0 aliphatic rings. The Labute approximate surface area is 164 Å². The summed E-state index contributed by atoms with van der Waals surface area (Å²) in [6.45, 7) is 6.73. The Morgan fingerprint density at radius 3 is 2.70 bits per heavy atom. The Morgan fingerprint density at radius 2 is 1.93 bits per heavy atom. The van der Waals surface area contributed by atoms with Gasteiger partial charge >= 0.3 is 0 Å². The second-order valence-corrected chi connectivity index (χ2v) is 7.07. The van der Waals surface area contributed by atoms with Gasteiger partial charge in [0.1, 0.15) is 0 Å². The number of imidazole rings is 1. The van der Waals surface area contributed by atoms with Crippen molar-refractivity contribution in [2.45, 2.75) is 40.2 Å². The predicted molar refractivity (Wildman–Crippen MR) is 112 cm³/mol. The first-order chi connectivity index (χ1) is 13.0. The lowest BCUT2D eigenvalue weighted by molar-refractivity contribution is -0.116. The van der Waals surface area contributed by atoms with Crippen molar-refractivity contribution in [3.05, 3.63) is 59.0 Å². The van der Waals surface area contributed by atoms with Gasteiger partial charge in [0.25, 0.3) is 0 Å². The summed E-state index contributed by atoms with van der Waals surface area (Å²) in [6.07, 6.45) is 3.12. The quantitative estimate of drug-likeness (QED) is 0.573. The van der Waals surface area contributed by atoms with E-state index >= 15 is 0 Å². The van der Waals surface area contributed by atoms with Crippen LogP contribution in [0.5, 0.6) is 0 Å². The normalized spacial score (nSPS) is 11.0. The van der Waals surface area contributed by atoms with Crippen molar-refractivity contribution >= 4 is 34.5 Å². The number of hydrogen-bond acceptors (Lipinski definition) is 3. The van der Waals surface area contributed by atoms with Gasteiger partial charge in [-0.2, -0.15) is 0 Å². The largest absolute Gasteiger partial charge is 0.378 e. The molecule has 0 aliphatic heterocycles. The van der Waals surface area contributed by atoms with Crippen LogP contribution >= 0.6 is 11.6 Å². The Balaban J connectivity index is 1.82. The molecule has 0 saturated carbocycles. The smallest absolute Gasteiger partial charge is 0.224 e. The third-order valence-electron chi connectivity index (χ3n) is 4.80. The minimum absolute atomic E-state index is 0.0101. The van der Waals surface area contributed by atoms with E-state index < -0.39 is 0 Å². The minimum Gasteiger partial charge on any atom is -0.378 e. The number of pyridine rings is 1. The summed E-state index contributed by atoms with van der Waals surface area (Å²) in [5.41, 5.74) is 7.07. The average Bonchev–Trinajstić information content (AvgIpc) is 2.94. The zero-order valence-electron chi connectivity index (χ0n) is 16.0. The second kappa shape index (κ2) is 8.44. The van der Waals surface area contributed by atoms with Crippen LogP contribution in [0.15, 0.2) is 36.5 Å². The van der Waals surface area contributed by atoms with E-state index in [4.69, 9.17) is 11.6 Å². The number of carbonyl (C=O) groups excluding carboxylic acids is 1. The fourth-order valence-corrected chi connectivity index (χ4v) is 3.25. The van der Waals surface area contributed by atoms with Gasteiger partial charge in [0.15, 0.2) is 5.65 Å². The van der Waals surface area contributed by atoms with E-state index in [1.165, 1.54) is 0 Å². The molecule has 0 bridgehead atoms. The first-order valence-electron chi connectivity index (χ1n) is 9.13. The highest BCUT2D eigenvalue weighted by atomic mass is 35.5. The minimum atomic E-state index is -0.0101. The average molecular weight is 385 g/mol. The number of anilines is 2. The summed E-state index contributed by atoms with van der Waals surface area (Å²) in [5.74, 6) is 0.479. The third kappa shape index (κ3) is 4.25. The molecule has 1 amide bonds. The van der Waals surface area contributed by atoms with Crippen LogP contribution in [-0.2, 0) is 11.3 Å². The Kier molecular flexibility index (Phi) is 6.01. The van der Waals surface area contributed by atoms with E-state index in [-0.39, 0.29) is 5.91 Å². The summed E-state index contributed by atoms with van der Waals surface area (Å²) >= 11 is 5.69. The van der Waals surface area contributed by atoms with Gasteiger partial charge in [-0.15, -0.1) is 11.6 Å². The lowest BCUT2D eigenvalue weighted by Gasteiger charge is -2.15. The molecule has 27 heavy (non-hydrogen) atoms. The number of benzene rings is 1. The van der Waals surface area contributed by atoms with Crippen LogP contribution in [0.1, 0.15) is 35.4 Å². The Bertz CT molecular complexity index is 964. The summed E-state index contributed by atoms with van der Waals surface area (Å²) in [5, 5.41) is 6.50. The van der Waals surface area contributed by atoms with Crippen molar-refractivity contribution in [2.75, 3.05) is 16.5 Å². The maximum Gasteiger partial charge on any atom is 0.224 e. The van der Waals surface area contributed by atoms with Crippen molar-refractivity contribution in [3.8, 4) is 0 Å². The van der Waals surface area contributed by atoms with Gasteiger partial charge in [0, 0.05) is 36.4 Å². The SMILES string of the molecule is Cc1cccc(NC(=O)CCCCl)c1CNc1cccn2c(C)c(C)nc12. The van der Waals surface area contributed by atoms with Crippen LogP contribution in [0.25, 0.3) is 5.65 Å². The summed E-state index contributed by atoms with van der Waals surface area (Å²) in [7, 11) is 0. The van der Waals surface area contributed by atoms with Gasteiger partial charge in [-0.25, -0.2) is 4.98 Å². The highest BCUT2D eigenvalue weighted by Gasteiger charge is 2.12. The van der Waals surface area contributed by atoms with Crippen molar-refractivity contribution in [1.29, 1.82) is 0 Å². The van der Waals surface area contributed by atoms with Gasteiger partial charge in [0.05, 0.1) is 11.4 Å². The summed E-state index contributed by atoms with van der Waals surface area (Å²) in [4.78, 5) is 16.8. The van der Waals surface area contributed by atoms with Crippen LogP contribution in [0, 0.1) is 20.8 Å². The van der Waals surface area contributed by atoms with Crippen LogP contribution in [0.4, 0.5) is 11.4 Å². The number of halogens is 1. The molecule has 0 unspecified atom stereocenters. The van der Waals surface area contributed by atoms with E-state index in [9.17, 15) is 4.79 Å². The van der Waals surface area contributed by atoms with Gasteiger partial charge in [-0.05, 0) is 56.5 Å². The highest BCUT2D eigenvalue weighted by Crippen LogP contribution is 2.24. The number of rotatable bonds is 7. The molecular weight excluding hydrogens is 360 g/mol. The molecule has 142 valence electrons. The lowest BCUT2D eigenvalue weighted by Crippen LogP contribution is -2.14. The van der Waals surface area contributed by atoms with E-state index in [0.29, 0.717) is 25.3 Å². The molecule has 3 aromatic rings. The fraction of sp³-hybridized carbons (Fsp3) is 0.333. The molecule has 0 aliphatic carbocycles. The van der Waals surface area contributed by atoms with Crippen molar-refractivity contribution in [1.82, 2.24) is 9.38 Å². The first-order valence-corrected chi connectivity index (χ1v) is 9.67. The van der Waals surface area contributed by atoms with Gasteiger partial charge in [0.2, 0.25) is 5.91 Å². The number of fused-ring (bicyclic) bond motifs is 1. The predicted octanol–water partition coefficient (Wildman–Crippen LogP) is 4.83. The van der Waals surface area contributed by atoms with Gasteiger partial charge in [-0.3, -0.25) is 4.79 Å². The molecule has 0 spiro atoms. The monoisotopic (exact) mass is 384 g/mol. The summed E-state index contributed by atoms with van der Waals surface area (Å²) in [6, 6.07) is 9.98. The molecule has 0 fully saturated rings. The molecule has 1 aromatic carbocycles. The first kappa shape index (κ1) is 19.2. The van der Waals surface area contributed by atoms with Crippen molar-refractivity contribution < 1.29 is 4.79 Å².